The highest BCUT2D eigenvalue weighted by Gasteiger charge is 2.29. The fraction of sp³-hybridized carbons (Fsp3) is 0.529. The van der Waals surface area contributed by atoms with Gasteiger partial charge in [-0.1, -0.05) is 12.1 Å². The predicted octanol–water partition coefficient (Wildman–Crippen LogP) is 0.737. The molecule has 1 N–H and O–H groups in total. The fourth-order valence-corrected chi connectivity index (χ4v) is 4.50. The van der Waals surface area contributed by atoms with Gasteiger partial charge in [0.25, 0.3) is 5.91 Å². The lowest BCUT2D eigenvalue weighted by Gasteiger charge is -2.13. The Bertz CT molecular complexity index is 713. The van der Waals surface area contributed by atoms with Gasteiger partial charge >= 0.3 is 5.97 Å². The molecule has 1 aliphatic heterocycles. The molecule has 0 bridgehead atoms. The molecule has 1 saturated heterocycles. The molecule has 138 valence electrons. The zero-order valence-corrected chi connectivity index (χ0v) is 15.3. The number of hydrogen-bond donors (Lipinski definition) is 1. The van der Waals surface area contributed by atoms with E-state index in [4.69, 9.17) is 4.74 Å². The zero-order chi connectivity index (χ0) is 18.4. The van der Waals surface area contributed by atoms with E-state index in [0.717, 1.165) is 11.3 Å². The highest BCUT2D eigenvalue weighted by molar-refractivity contribution is 7.91. The van der Waals surface area contributed by atoms with Gasteiger partial charge in [0.15, 0.2) is 16.4 Å². The number of sulfone groups is 1. The molecular weight excluding hydrogens is 344 g/mol. The smallest absolute Gasteiger partial charge is 0.306 e. The van der Waals surface area contributed by atoms with E-state index in [1.165, 1.54) is 0 Å². The van der Waals surface area contributed by atoms with Crippen molar-refractivity contribution in [3.63, 3.8) is 0 Å². The molecule has 2 rings (SSSR count). The van der Waals surface area contributed by atoms with Crippen LogP contribution in [0.1, 0.15) is 18.4 Å². The van der Waals surface area contributed by atoms with Crippen molar-refractivity contribution in [1.29, 1.82) is 0 Å². The first kappa shape index (κ1) is 19.2. The van der Waals surface area contributed by atoms with E-state index in [0.29, 0.717) is 13.0 Å². The summed E-state index contributed by atoms with van der Waals surface area (Å²) in [7, 11) is 0.891. The van der Waals surface area contributed by atoms with Gasteiger partial charge in [-0.05, 0) is 30.0 Å². The summed E-state index contributed by atoms with van der Waals surface area (Å²) < 4.78 is 27.6. The molecule has 0 saturated carbocycles. The van der Waals surface area contributed by atoms with Gasteiger partial charge < -0.3 is 15.0 Å². The van der Waals surface area contributed by atoms with Crippen molar-refractivity contribution in [2.45, 2.75) is 19.4 Å². The van der Waals surface area contributed by atoms with E-state index >= 15 is 0 Å². The summed E-state index contributed by atoms with van der Waals surface area (Å²) in [6.45, 7) is -0.000947. The number of esters is 1. The van der Waals surface area contributed by atoms with Gasteiger partial charge in [-0.15, -0.1) is 0 Å². The van der Waals surface area contributed by atoms with Crippen LogP contribution in [0.4, 0.5) is 5.69 Å². The molecule has 1 fully saturated rings. The molecule has 1 heterocycles. The van der Waals surface area contributed by atoms with Crippen molar-refractivity contribution < 1.29 is 22.7 Å². The lowest BCUT2D eigenvalue weighted by Crippen LogP contribution is -2.28. The lowest BCUT2D eigenvalue weighted by molar-refractivity contribution is -0.149. The Hall–Kier alpha value is -2.09. The number of ether oxygens (including phenoxy) is 1. The van der Waals surface area contributed by atoms with E-state index in [9.17, 15) is 18.0 Å². The van der Waals surface area contributed by atoms with Gasteiger partial charge in [-0.2, -0.15) is 0 Å². The van der Waals surface area contributed by atoms with Gasteiger partial charge in [0.05, 0.1) is 11.5 Å². The number of nitrogens with zero attached hydrogens (tertiary/aromatic N) is 1. The van der Waals surface area contributed by atoms with Crippen molar-refractivity contribution in [1.82, 2.24) is 5.32 Å². The van der Waals surface area contributed by atoms with Crippen LogP contribution in [0.3, 0.4) is 0 Å². The second-order valence-electron chi connectivity index (χ2n) is 6.47. The molecular formula is C17H24N2O5S. The summed E-state index contributed by atoms with van der Waals surface area (Å²) in [6, 6.07) is 7.75. The zero-order valence-electron chi connectivity index (χ0n) is 14.5. The molecule has 25 heavy (non-hydrogen) atoms. The van der Waals surface area contributed by atoms with Gasteiger partial charge in [0.2, 0.25) is 0 Å². The fourth-order valence-electron chi connectivity index (χ4n) is 2.64. The minimum atomic E-state index is -3.01. The number of anilines is 1. The SMILES string of the molecule is CN(C)c1ccc(CNC(=O)COC(=O)C[C@@H]2CCS(=O)(=O)C2)cc1. The molecule has 8 heteroatoms. The van der Waals surface area contributed by atoms with Crippen LogP contribution < -0.4 is 10.2 Å². The topological polar surface area (TPSA) is 92.8 Å². The van der Waals surface area contributed by atoms with Gasteiger partial charge in [0, 0.05) is 32.7 Å². The summed E-state index contributed by atoms with van der Waals surface area (Å²) in [6.07, 6.45) is 0.519. The first-order valence-electron chi connectivity index (χ1n) is 8.14. The third-order valence-corrected chi connectivity index (χ3v) is 5.93. The highest BCUT2D eigenvalue weighted by atomic mass is 32.2. The van der Waals surface area contributed by atoms with E-state index in [1.54, 1.807) is 0 Å². The Morgan fingerprint density at radius 1 is 1.24 bits per heavy atom. The minimum Gasteiger partial charge on any atom is -0.456 e. The Kier molecular flexibility index (Phi) is 6.41. The summed E-state index contributed by atoms with van der Waals surface area (Å²) >= 11 is 0. The third kappa shape index (κ3) is 6.38. The number of hydrogen-bond acceptors (Lipinski definition) is 6. The Morgan fingerprint density at radius 2 is 1.92 bits per heavy atom. The average molecular weight is 368 g/mol. The number of benzene rings is 1. The summed E-state index contributed by atoms with van der Waals surface area (Å²) in [5.41, 5.74) is 2.01. The molecule has 0 aliphatic carbocycles. The van der Waals surface area contributed by atoms with Crippen molar-refractivity contribution >= 4 is 27.4 Å². The second-order valence-corrected chi connectivity index (χ2v) is 8.70. The number of nitrogens with one attached hydrogen (secondary N) is 1. The highest BCUT2D eigenvalue weighted by Crippen LogP contribution is 2.21. The monoisotopic (exact) mass is 368 g/mol. The maximum Gasteiger partial charge on any atom is 0.306 e. The summed E-state index contributed by atoms with van der Waals surface area (Å²) in [4.78, 5) is 25.4. The van der Waals surface area contributed by atoms with E-state index < -0.39 is 15.8 Å². The molecule has 0 radical (unpaired) electrons. The molecule has 0 aromatic heterocycles. The Labute approximate surface area is 148 Å². The van der Waals surface area contributed by atoms with Crippen LogP contribution in [0.5, 0.6) is 0 Å². The summed E-state index contributed by atoms with van der Waals surface area (Å²) in [5, 5.41) is 2.68. The van der Waals surface area contributed by atoms with E-state index in [-0.39, 0.29) is 36.4 Å². The van der Waals surface area contributed by atoms with Crippen LogP contribution in [0, 0.1) is 5.92 Å². The average Bonchev–Trinajstić information content (AvgIpc) is 2.90. The van der Waals surface area contributed by atoms with Gasteiger partial charge in [-0.3, -0.25) is 9.59 Å². The number of amides is 1. The third-order valence-electron chi connectivity index (χ3n) is 4.09. The predicted molar refractivity (Wildman–Crippen MR) is 95.0 cm³/mol. The number of carbonyl (C=O) groups is 2. The Balaban J connectivity index is 1.67. The quantitative estimate of drug-likeness (QED) is 0.714. The molecule has 1 atom stereocenters. The molecule has 1 amide bonds. The maximum atomic E-state index is 11.7. The molecule has 1 aliphatic rings. The normalized spacial score (nSPS) is 18.6. The first-order valence-corrected chi connectivity index (χ1v) is 9.96. The van der Waals surface area contributed by atoms with Crippen molar-refractivity contribution in [2.75, 3.05) is 37.1 Å². The van der Waals surface area contributed by atoms with E-state index in [1.807, 2.05) is 43.3 Å². The molecule has 1 aromatic carbocycles. The first-order chi connectivity index (χ1) is 11.7. The number of carbonyl (C=O) groups excluding carboxylic acids is 2. The van der Waals surface area contributed by atoms with Crippen molar-refractivity contribution in [2.24, 2.45) is 5.92 Å². The van der Waals surface area contributed by atoms with Crippen molar-refractivity contribution in [3.05, 3.63) is 29.8 Å². The second kappa shape index (κ2) is 8.33. The largest absolute Gasteiger partial charge is 0.456 e. The van der Waals surface area contributed by atoms with Crippen LogP contribution in [0.15, 0.2) is 24.3 Å². The van der Waals surface area contributed by atoms with Gasteiger partial charge in [-0.25, -0.2) is 8.42 Å². The van der Waals surface area contributed by atoms with Crippen LogP contribution >= 0.6 is 0 Å². The molecule has 0 spiro atoms. The van der Waals surface area contributed by atoms with Crippen molar-refractivity contribution in [3.8, 4) is 0 Å². The molecule has 1 aromatic rings. The number of rotatable bonds is 7. The minimum absolute atomic E-state index is 0.0250. The molecule has 7 nitrogen and oxygen atoms in total. The van der Waals surface area contributed by atoms with E-state index in [2.05, 4.69) is 5.32 Å². The van der Waals surface area contributed by atoms with Crippen LogP contribution in [-0.4, -0.2) is 52.5 Å². The van der Waals surface area contributed by atoms with Crippen LogP contribution in [0.2, 0.25) is 0 Å². The standard InChI is InChI=1S/C17H24N2O5S/c1-19(2)15-5-3-13(4-6-15)10-18-16(20)11-24-17(21)9-14-7-8-25(22,23)12-14/h3-6,14H,7-12H2,1-2H3,(H,18,20)/t14-/m0/s1. The Morgan fingerprint density at radius 3 is 2.48 bits per heavy atom. The van der Waals surface area contributed by atoms with Crippen LogP contribution in [-0.2, 0) is 30.7 Å². The van der Waals surface area contributed by atoms with Crippen LogP contribution in [0.25, 0.3) is 0 Å². The lowest BCUT2D eigenvalue weighted by atomic mass is 10.1. The van der Waals surface area contributed by atoms with Gasteiger partial charge in [0.1, 0.15) is 0 Å². The maximum absolute atomic E-state index is 11.7. The molecule has 0 unspecified atom stereocenters. The summed E-state index contributed by atoms with van der Waals surface area (Å²) in [5.74, 6) is -0.970.